The molecule has 0 spiro atoms. The minimum atomic E-state index is -0.314. The van der Waals surface area contributed by atoms with Gasteiger partial charge in [-0.1, -0.05) is 0 Å². The number of halogens is 1. The highest BCUT2D eigenvalue weighted by molar-refractivity contribution is 5.38. The molecule has 0 radical (unpaired) electrons. The smallest absolute Gasteiger partial charge is 0.141 e. The summed E-state index contributed by atoms with van der Waals surface area (Å²) in [5.41, 5.74) is 0. The number of piperidine rings is 1. The largest absolute Gasteiger partial charge is 0.357 e. The van der Waals surface area contributed by atoms with Gasteiger partial charge in [0.15, 0.2) is 0 Å². The van der Waals surface area contributed by atoms with Crippen molar-refractivity contribution in [2.45, 2.75) is 12.8 Å². The van der Waals surface area contributed by atoms with E-state index in [2.05, 4.69) is 16.0 Å². The van der Waals surface area contributed by atoms with Gasteiger partial charge in [-0.15, -0.1) is 0 Å². The Bertz CT molecular complexity index is 360. The fourth-order valence-electron chi connectivity index (χ4n) is 1.79. The fraction of sp³-hybridized carbons (Fsp3) is 0.455. The van der Waals surface area contributed by atoms with E-state index in [-0.39, 0.29) is 11.7 Å². The summed E-state index contributed by atoms with van der Waals surface area (Å²) in [4.78, 5) is 6.11. The molecule has 1 aliphatic heterocycles. The topological polar surface area (TPSA) is 39.9 Å². The van der Waals surface area contributed by atoms with Gasteiger partial charge < -0.3 is 4.90 Å². The molecule has 4 heteroatoms. The number of anilines is 1. The molecule has 2 heterocycles. The van der Waals surface area contributed by atoms with E-state index in [9.17, 15) is 4.39 Å². The Morgan fingerprint density at radius 3 is 2.67 bits per heavy atom. The molecule has 1 aromatic rings. The summed E-state index contributed by atoms with van der Waals surface area (Å²) in [5.74, 6) is 0.653. The van der Waals surface area contributed by atoms with Crippen LogP contribution in [0.3, 0.4) is 0 Å². The molecule has 0 amide bonds. The summed E-state index contributed by atoms with van der Waals surface area (Å²) in [6.45, 7) is 1.66. The van der Waals surface area contributed by atoms with Crippen molar-refractivity contribution < 1.29 is 4.39 Å². The Morgan fingerprint density at radius 2 is 2.13 bits per heavy atom. The molecule has 0 N–H and O–H groups in total. The van der Waals surface area contributed by atoms with Gasteiger partial charge in [0.05, 0.1) is 12.3 Å². The molecule has 15 heavy (non-hydrogen) atoms. The standard InChI is InChI=1S/C11H12FN3/c12-10-1-2-11(14-8-10)15-5-3-9(7-13)4-6-15/h1-2,8-9H,3-6H2. The Labute approximate surface area is 88.2 Å². The fourth-order valence-corrected chi connectivity index (χ4v) is 1.79. The molecule has 0 saturated carbocycles. The number of aromatic nitrogens is 1. The minimum Gasteiger partial charge on any atom is -0.357 e. The Hall–Kier alpha value is -1.63. The van der Waals surface area contributed by atoms with Crippen molar-refractivity contribution in [2.75, 3.05) is 18.0 Å². The average molecular weight is 205 g/mol. The normalized spacial score (nSPS) is 17.5. The number of nitriles is 1. The van der Waals surface area contributed by atoms with Gasteiger partial charge in [0, 0.05) is 19.0 Å². The van der Waals surface area contributed by atoms with Gasteiger partial charge >= 0.3 is 0 Å². The summed E-state index contributed by atoms with van der Waals surface area (Å²) in [5, 5.41) is 8.75. The third-order valence-corrected chi connectivity index (χ3v) is 2.71. The second-order valence-corrected chi connectivity index (χ2v) is 3.73. The van der Waals surface area contributed by atoms with Crippen molar-refractivity contribution in [3.05, 3.63) is 24.1 Å². The van der Waals surface area contributed by atoms with Crippen LogP contribution in [0.5, 0.6) is 0 Å². The van der Waals surface area contributed by atoms with Crippen molar-refractivity contribution in [2.24, 2.45) is 5.92 Å². The quantitative estimate of drug-likeness (QED) is 0.703. The van der Waals surface area contributed by atoms with Gasteiger partial charge in [0.25, 0.3) is 0 Å². The lowest BCUT2D eigenvalue weighted by atomic mass is 9.99. The number of hydrogen-bond donors (Lipinski definition) is 0. The highest BCUT2D eigenvalue weighted by Gasteiger charge is 2.19. The molecule has 1 aliphatic rings. The van der Waals surface area contributed by atoms with E-state index in [1.807, 2.05) is 0 Å². The lowest BCUT2D eigenvalue weighted by Crippen LogP contribution is -2.33. The van der Waals surface area contributed by atoms with Crippen LogP contribution in [0.2, 0.25) is 0 Å². The molecule has 0 aliphatic carbocycles. The summed E-state index contributed by atoms with van der Waals surface area (Å²) >= 11 is 0. The molecule has 1 aromatic heterocycles. The highest BCUT2D eigenvalue weighted by atomic mass is 19.1. The van der Waals surface area contributed by atoms with E-state index < -0.39 is 0 Å². The molecular formula is C11H12FN3. The van der Waals surface area contributed by atoms with Crippen molar-refractivity contribution in [3.63, 3.8) is 0 Å². The summed E-state index contributed by atoms with van der Waals surface area (Å²) < 4.78 is 12.6. The monoisotopic (exact) mass is 205 g/mol. The van der Waals surface area contributed by atoms with E-state index >= 15 is 0 Å². The minimum absolute atomic E-state index is 0.168. The van der Waals surface area contributed by atoms with Crippen LogP contribution < -0.4 is 4.90 Å². The van der Waals surface area contributed by atoms with E-state index in [0.717, 1.165) is 31.7 Å². The van der Waals surface area contributed by atoms with E-state index in [1.54, 1.807) is 6.07 Å². The third-order valence-electron chi connectivity index (χ3n) is 2.71. The first kappa shape index (κ1) is 9.91. The van der Waals surface area contributed by atoms with Gasteiger partial charge in [-0.3, -0.25) is 0 Å². The van der Waals surface area contributed by atoms with Crippen LogP contribution in [-0.2, 0) is 0 Å². The zero-order valence-corrected chi connectivity index (χ0v) is 8.36. The van der Waals surface area contributed by atoms with Gasteiger partial charge in [-0.2, -0.15) is 5.26 Å². The molecule has 78 valence electrons. The van der Waals surface area contributed by atoms with Crippen molar-refractivity contribution in [1.29, 1.82) is 5.26 Å². The van der Waals surface area contributed by atoms with E-state index in [4.69, 9.17) is 5.26 Å². The number of hydrogen-bond acceptors (Lipinski definition) is 3. The Morgan fingerprint density at radius 1 is 1.40 bits per heavy atom. The Kier molecular flexibility index (Phi) is 2.82. The zero-order chi connectivity index (χ0) is 10.7. The summed E-state index contributed by atoms with van der Waals surface area (Å²) in [6, 6.07) is 5.38. The number of nitrogens with zero attached hydrogens (tertiary/aromatic N) is 3. The van der Waals surface area contributed by atoms with Crippen LogP contribution in [0, 0.1) is 23.1 Å². The molecule has 1 fully saturated rings. The predicted octanol–water partition coefficient (Wildman–Crippen LogP) is 1.96. The van der Waals surface area contributed by atoms with Crippen molar-refractivity contribution in [3.8, 4) is 6.07 Å². The maximum atomic E-state index is 12.6. The highest BCUT2D eigenvalue weighted by Crippen LogP contribution is 2.20. The second kappa shape index (κ2) is 4.26. The molecule has 2 rings (SSSR count). The molecule has 1 saturated heterocycles. The van der Waals surface area contributed by atoms with E-state index in [1.165, 1.54) is 12.3 Å². The molecule has 0 bridgehead atoms. The van der Waals surface area contributed by atoms with Crippen LogP contribution in [0.4, 0.5) is 10.2 Å². The zero-order valence-electron chi connectivity index (χ0n) is 8.36. The lowest BCUT2D eigenvalue weighted by Gasteiger charge is -2.29. The first-order valence-electron chi connectivity index (χ1n) is 5.05. The van der Waals surface area contributed by atoms with Crippen LogP contribution in [0.25, 0.3) is 0 Å². The number of rotatable bonds is 1. The average Bonchev–Trinajstić information content (AvgIpc) is 2.30. The SMILES string of the molecule is N#CC1CCN(c2ccc(F)cn2)CC1. The second-order valence-electron chi connectivity index (χ2n) is 3.73. The molecular weight excluding hydrogens is 193 g/mol. The van der Waals surface area contributed by atoms with Crippen LogP contribution in [0.15, 0.2) is 18.3 Å². The van der Waals surface area contributed by atoms with E-state index in [0.29, 0.717) is 0 Å². The molecule has 3 nitrogen and oxygen atoms in total. The van der Waals surface area contributed by atoms with Crippen molar-refractivity contribution >= 4 is 5.82 Å². The van der Waals surface area contributed by atoms with Crippen LogP contribution >= 0.6 is 0 Å². The maximum Gasteiger partial charge on any atom is 0.141 e. The first-order valence-corrected chi connectivity index (χ1v) is 5.05. The van der Waals surface area contributed by atoms with Crippen molar-refractivity contribution in [1.82, 2.24) is 4.98 Å². The van der Waals surface area contributed by atoms with Crippen LogP contribution in [-0.4, -0.2) is 18.1 Å². The van der Waals surface area contributed by atoms with Gasteiger partial charge in [-0.25, -0.2) is 9.37 Å². The number of pyridine rings is 1. The third kappa shape index (κ3) is 2.24. The molecule has 0 aromatic carbocycles. The first-order chi connectivity index (χ1) is 7.29. The predicted molar refractivity (Wildman–Crippen MR) is 54.7 cm³/mol. The Balaban J connectivity index is 2.02. The van der Waals surface area contributed by atoms with Crippen LogP contribution in [0.1, 0.15) is 12.8 Å². The molecule has 0 atom stereocenters. The van der Waals surface area contributed by atoms with Gasteiger partial charge in [-0.05, 0) is 25.0 Å². The maximum absolute atomic E-state index is 12.6. The van der Waals surface area contributed by atoms with Gasteiger partial charge in [0.1, 0.15) is 11.6 Å². The summed E-state index contributed by atoms with van der Waals surface area (Å²) in [6.07, 6.45) is 2.97. The summed E-state index contributed by atoms with van der Waals surface area (Å²) in [7, 11) is 0. The molecule has 0 unspecified atom stereocenters. The van der Waals surface area contributed by atoms with Gasteiger partial charge in [0.2, 0.25) is 0 Å². The lowest BCUT2D eigenvalue weighted by molar-refractivity contribution is 0.484.